The van der Waals surface area contributed by atoms with E-state index in [2.05, 4.69) is 0 Å². The lowest BCUT2D eigenvalue weighted by atomic mass is 9.85. The molecule has 0 amide bonds. The van der Waals surface area contributed by atoms with Gasteiger partial charge in [-0.25, -0.2) is 4.39 Å². The maximum atomic E-state index is 13.7. The maximum absolute atomic E-state index is 13.7. The van der Waals surface area contributed by atoms with Gasteiger partial charge in [0.1, 0.15) is 5.82 Å². The molecule has 31 heavy (non-hydrogen) atoms. The Hall–Kier alpha value is -3.73. The molecule has 0 radical (unpaired) electrons. The number of carboxylic acid groups (broad SMARTS) is 1. The Balaban J connectivity index is 1.86. The van der Waals surface area contributed by atoms with E-state index in [4.69, 9.17) is 0 Å². The molecule has 1 atom stereocenters. The average Bonchev–Trinajstić information content (AvgIpc) is 3.14. The Bertz CT molecular complexity index is 1310. The van der Waals surface area contributed by atoms with Crippen LogP contribution >= 0.6 is 0 Å². The smallest absolute Gasteiger partial charge is 0.311 e. The first-order chi connectivity index (χ1) is 15.1. The first kappa shape index (κ1) is 19.2. The van der Waals surface area contributed by atoms with E-state index in [0.717, 1.165) is 27.8 Å². The molecule has 1 aliphatic rings. The fraction of sp³-hybridized carbons (Fsp3) is 0.154. The molecule has 5 heteroatoms. The van der Waals surface area contributed by atoms with Gasteiger partial charge >= 0.3 is 5.97 Å². The van der Waals surface area contributed by atoms with E-state index in [1.165, 1.54) is 24.3 Å². The van der Waals surface area contributed by atoms with Crippen molar-refractivity contribution in [3.05, 3.63) is 95.4 Å². The van der Waals surface area contributed by atoms with Gasteiger partial charge in [-0.3, -0.25) is 14.2 Å². The fourth-order valence-corrected chi connectivity index (χ4v) is 4.71. The highest BCUT2D eigenvalue weighted by Gasteiger charge is 2.34. The number of para-hydroxylation sites is 1. The summed E-state index contributed by atoms with van der Waals surface area (Å²) in [6, 6.07) is 21.0. The van der Waals surface area contributed by atoms with Crippen LogP contribution in [0.15, 0.2) is 72.8 Å². The summed E-state index contributed by atoms with van der Waals surface area (Å²) in [4.78, 5) is 25.7. The van der Waals surface area contributed by atoms with Gasteiger partial charge in [0.05, 0.1) is 11.4 Å². The number of halogens is 1. The number of aromatic nitrogens is 1. The van der Waals surface area contributed by atoms with Crippen molar-refractivity contribution in [2.45, 2.75) is 25.2 Å². The lowest BCUT2D eigenvalue weighted by Crippen LogP contribution is -2.21. The molecule has 1 heterocycles. The normalized spacial score (nSPS) is 15.6. The van der Waals surface area contributed by atoms with Gasteiger partial charge in [-0.15, -0.1) is 0 Å². The van der Waals surface area contributed by atoms with Crippen molar-refractivity contribution in [1.29, 1.82) is 0 Å². The summed E-state index contributed by atoms with van der Waals surface area (Å²) in [6.07, 6.45) is 1.86. The SMILES string of the molecule is O=C(O)C1CCCc2c1c1cccc(-c3ccccc3)c1n2C(=O)c1ccc(F)cc1. The highest BCUT2D eigenvalue weighted by atomic mass is 19.1. The number of hydrogen-bond donors (Lipinski definition) is 1. The zero-order chi connectivity index (χ0) is 21.5. The van der Waals surface area contributed by atoms with E-state index in [9.17, 15) is 19.1 Å². The molecule has 5 rings (SSSR count). The van der Waals surface area contributed by atoms with E-state index in [-0.39, 0.29) is 5.91 Å². The molecule has 4 nitrogen and oxygen atoms in total. The topological polar surface area (TPSA) is 59.3 Å². The third-order valence-corrected chi connectivity index (χ3v) is 6.06. The van der Waals surface area contributed by atoms with Crippen molar-refractivity contribution in [2.75, 3.05) is 0 Å². The zero-order valence-corrected chi connectivity index (χ0v) is 16.7. The van der Waals surface area contributed by atoms with E-state index in [1.807, 2.05) is 48.5 Å². The Morgan fingerprint density at radius 3 is 2.39 bits per heavy atom. The zero-order valence-electron chi connectivity index (χ0n) is 16.7. The molecule has 0 saturated heterocycles. The summed E-state index contributed by atoms with van der Waals surface area (Å²) in [5.74, 6) is -2.22. The van der Waals surface area contributed by atoms with Crippen molar-refractivity contribution in [2.24, 2.45) is 0 Å². The third kappa shape index (κ3) is 3.13. The molecule has 0 spiro atoms. The summed E-state index contributed by atoms with van der Waals surface area (Å²) >= 11 is 0. The highest BCUT2D eigenvalue weighted by Crippen LogP contribution is 2.42. The third-order valence-electron chi connectivity index (χ3n) is 6.06. The molecule has 1 aromatic heterocycles. The number of fused-ring (bicyclic) bond motifs is 3. The summed E-state index contributed by atoms with van der Waals surface area (Å²) in [5, 5.41) is 10.7. The summed E-state index contributed by atoms with van der Waals surface area (Å²) in [6.45, 7) is 0. The van der Waals surface area contributed by atoms with Crippen LogP contribution < -0.4 is 0 Å². The van der Waals surface area contributed by atoms with Gasteiger partial charge in [0.25, 0.3) is 5.91 Å². The summed E-state index contributed by atoms with van der Waals surface area (Å²) < 4.78 is 15.1. The summed E-state index contributed by atoms with van der Waals surface area (Å²) in [7, 11) is 0. The number of carbonyl (C=O) groups is 2. The molecule has 0 bridgehead atoms. The molecule has 1 N–H and O–H groups in total. The first-order valence-corrected chi connectivity index (χ1v) is 10.3. The van der Waals surface area contributed by atoms with Gasteiger partial charge in [0.2, 0.25) is 0 Å². The van der Waals surface area contributed by atoms with E-state index in [1.54, 1.807) is 4.57 Å². The fourth-order valence-electron chi connectivity index (χ4n) is 4.71. The van der Waals surface area contributed by atoms with E-state index in [0.29, 0.717) is 30.3 Å². The molecule has 154 valence electrons. The van der Waals surface area contributed by atoms with Crippen LogP contribution in [0.4, 0.5) is 4.39 Å². The average molecular weight is 413 g/mol. The van der Waals surface area contributed by atoms with Crippen molar-refractivity contribution < 1.29 is 19.1 Å². The van der Waals surface area contributed by atoms with Crippen LogP contribution in [-0.2, 0) is 11.2 Å². The van der Waals surface area contributed by atoms with Crippen LogP contribution in [0, 0.1) is 5.82 Å². The lowest BCUT2D eigenvalue weighted by Gasteiger charge is -2.21. The molecular weight excluding hydrogens is 393 g/mol. The van der Waals surface area contributed by atoms with Gasteiger partial charge in [0.15, 0.2) is 0 Å². The van der Waals surface area contributed by atoms with Crippen LogP contribution in [0.2, 0.25) is 0 Å². The van der Waals surface area contributed by atoms with Crippen LogP contribution in [0.3, 0.4) is 0 Å². The number of nitrogens with zero attached hydrogens (tertiary/aromatic N) is 1. The number of hydrogen-bond acceptors (Lipinski definition) is 2. The van der Waals surface area contributed by atoms with Crippen LogP contribution in [0.1, 0.15) is 40.4 Å². The Kier molecular flexibility index (Phi) is 4.66. The molecular formula is C26H20FNO3. The highest BCUT2D eigenvalue weighted by molar-refractivity contribution is 6.09. The lowest BCUT2D eigenvalue weighted by molar-refractivity contribution is -0.139. The largest absolute Gasteiger partial charge is 0.481 e. The quantitative estimate of drug-likeness (QED) is 0.473. The van der Waals surface area contributed by atoms with Crippen molar-refractivity contribution >= 4 is 22.8 Å². The molecule has 0 saturated carbocycles. The molecule has 4 aromatic rings. The van der Waals surface area contributed by atoms with Crippen molar-refractivity contribution in [1.82, 2.24) is 4.57 Å². The number of rotatable bonds is 3. The first-order valence-electron chi connectivity index (χ1n) is 10.3. The predicted octanol–water partition coefficient (Wildman–Crippen LogP) is 5.64. The minimum atomic E-state index is -0.876. The second-order valence-electron chi connectivity index (χ2n) is 7.86. The molecule has 0 aliphatic heterocycles. The maximum Gasteiger partial charge on any atom is 0.311 e. The van der Waals surface area contributed by atoms with Gasteiger partial charge in [-0.05, 0) is 54.7 Å². The minimum Gasteiger partial charge on any atom is -0.481 e. The minimum absolute atomic E-state index is 0.277. The van der Waals surface area contributed by atoms with Crippen LogP contribution in [0.5, 0.6) is 0 Å². The van der Waals surface area contributed by atoms with Crippen LogP contribution in [-0.4, -0.2) is 21.6 Å². The van der Waals surface area contributed by atoms with Crippen LogP contribution in [0.25, 0.3) is 22.0 Å². The Labute approximate surface area is 178 Å². The van der Waals surface area contributed by atoms with Crippen molar-refractivity contribution in [3.63, 3.8) is 0 Å². The number of benzene rings is 3. The standard InChI is InChI=1S/C26H20FNO3/c27-18-14-12-17(13-15-18)25(29)28-22-11-5-10-21(26(30)31)23(22)20-9-4-8-19(24(20)28)16-6-2-1-3-7-16/h1-4,6-9,12-15,21H,5,10-11H2,(H,30,31). The van der Waals surface area contributed by atoms with Crippen molar-refractivity contribution in [3.8, 4) is 11.1 Å². The second-order valence-corrected chi connectivity index (χ2v) is 7.86. The number of carbonyl (C=O) groups excluding carboxylic acids is 1. The van der Waals surface area contributed by atoms with E-state index < -0.39 is 17.7 Å². The van der Waals surface area contributed by atoms with E-state index >= 15 is 0 Å². The van der Waals surface area contributed by atoms with Gasteiger partial charge < -0.3 is 5.11 Å². The van der Waals surface area contributed by atoms with Gasteiger partial charge in [0, 0.05) is 22.2 Å². The monoisotopic (exact) mass is 413 g/mol. The predicted molar refractivity (Wildman–Crippen MR) is 117 cm³/mol. The Morgan fingerprint density at radius 1 is 0.935 bits per heavy atom. The van der Waals surface area contributed by atoms with Gasteiger partial charge in [-0.2, -0.15) is 0 Å². The molecule has 0 fully saturated rings. The second kappa shape index (κ2) is 7.51. The molecule has 1 unspecified atom stereocenters. The number of carboxylic acids is 1. The van der Waals surface area contributed by atoms with Gasteiger partial charge in [-0.1, -0.05) is 48.5 Å². The number of aliphatic carboxylic acids is 1. The molecule has 3 aromatic carbocycles. The summed E-state index contributed by atoms with van der Waals surface area (Å²) in [5.41, 5.74) is 4.35. The molecule has 1 aliphatic carbocycles. The Morgan fingerprint density at radius 2 is 1.68 bits per heavy atom.